The third-order valence-electron chi connectivity index (χ3n) is 2.93. The van der Waals surface area contributed by atoms with Crippen LogP contribution in [-0.2, 0) is 11.8 Å². The van der Waals surface area contributed by atoms with Gasteiger partial charge in [0.1, 0.15) is 0 Å². The Bertz CT molecular complexity index is 427. The zero-order chi connectivity index (χ0) is 11.1. The second-order valence-corrected chi connectivity index (χ2v) is 4.81. The van der Waals surface area contributed by atoms with E-state index < -0.39 is 0 Å². The molecule has 0 saturated heterocycles. The van der Waals surface area contributed by atoms with Crippen LogP contribution in [0.2, 0.25) is 0 Å². The van der Waals surface area contributed by atoms with Crippen LogP contribution in [0.15, 0.2) is 18.3 Å². The van der Waals surface area contributed by atoms with Crippen LogP contribution in [0.1, 0.15) is 32.4 Å². The minimum atomic E-state index is 0.119. The van der Waals surface area contributed by atoms with Gasteiger partial charge in [-0.1, -0.05) is 19.9 Å². The maximum absolute atomic E-state index is 11.8. The van der Waals surface area contributed by atoms with Crippen LogP contribution in [0.25, 0.3) is 5.57 Å². The van der Waals surface area contributed by atoms with E-state index in [1.165, 1.54) is 0 Å². The molecule has 0 bridgehead atoms. The number of nitrogens with zero attached hydrogens (tertiary/aromatic N) is 2. The van der Waals surface area contributed by atoms with Crippen molar-refractivity contribution in [2.45, 2.75) is 26.7 Å². The quantitative estimate of drug-likeness (QED) is 0.702. The molecule has 0 fully saturated rings. The molecule has 1 aromatic heterocycles. The minimum Gasteiger partial charge on any atom is -0.294 e. The Morgan fingerprint density at radius 2 is 2.20 bits per heavy atom. The molecule has 3 heteroatoms. The highest BCUT2D eigenvalue weighted by Crippen LogP contribution is 2.35. The van der Waals surface area contributed by atoms with Gasteiger partial charge in [0.2, 0.25) is 0 Å². The predicted molar refractivity (Wildman–Crippen MR) is 59.2 cm³/mol. The van der Waals surface area contributed by atoms with Crippen molar-refractivity contribution in [1.82, 2.24) is 9.78 Å². The Morgan fingerprint density at radius 1 is 1.47 bits per heavy atom. The van der Waals surface area contributed by atoms with Gasteiger partial charge in [0.25, 0.3) is 0 Å². The van der Waals surface area contributed by atoms with Crippen molar-refractivity contribution in [3.05, 3.63) is 24.0 Å². The fraction of sp³-hybridized carbons (Fsp3) is 0.500. The molecule has 1 aliphatic carbocycles. The zero-order valence-electron chi connectivity index (χ0n) is 9.45. The lowest BCUT2D eigenvalue weighted by Gasteiger charge is -2.26. The second kappa shape index (κ2) is 3.33. The number of Topliss-reactive ketones (excluding diaryl/α,β-unsaturated/α-hetero) is 1. The Kier molecular flexibility index (Phi) is 2.25. The van der Waals surface area contributed by atoms with Gasteiger partial charge in [-0.05, 0) is 17.9 Å². The van der Waals surface area contributed by atoms with Gasteiger partial charge in [0, 0.05) is 25.2 Å². The number of rotatable bonds is 1. The molecule has 0 amide bonds. The summed E-state index contributed by atoms with van der Waals surface area (Å²) in [5.74, 6) is 0.234. The molecule has 0 spiro atoms. The van der Waals surface area contributed by atoms with Gasteiger partial charge in [0.15, 0.2) is 5.78 Å². The molecule has 0 aliphatic heterocycles. The molecule has 0 unspecified atom stereocenters. The van der Waals surface area contributed by atoms with Crippen LogP contribution >= 0.6 is 0 Å². The first kappa shape index (κ1) is 10.1. The second-order valence-electron chi connectivity index (χ2n) is 4.81. The predicted octanol–water partition coefficient (Wildman–Crippen LogP) is 2.19. The van der Waals surface area contributed by atoms with Gasteiger partial charge in [-0.3, -0.25) is 9.48 Å². The van der Waals surface area contributed by atoms with Crippen molar-refractivity contribution in [3.8, 4) is 0 Å². The molecule has 1 aromatic rings. The molecule has 0 saturated carbocycles. The van der Waals surface area contributed by atoms with Gasteiger partial charge >= 0.3 is 0 Å². The van der Waals surface area contributed by atoms with Crippen LogP contribution in [0, 0.1) is 5.41 Å². The molecule has 15 heavy (non-hydrogen) atoms. The molecule has 0 N–H and O–H groups in total. The van der Waals surface area contributed by atoms with Crippen LogP contribution in [0.5, 0.6) is 0 Å². The topological polar surface area (TPSA) is 34.9 Å². The standard InChI is InChI=1S/C12H16N2O/c1-12(2)6-4-11(15)9(8-12)10-5-7-13-14(10)3/h5,7-8H,4,6H2,1-3H3. The Balaban J connectivity index is 2.47. The Hall–Kier alpha value is -1.38. The van der Waals surface area contributed by atoms with Crippen molar-refractivity contribution in [2.75, 3.05) is 0 Å². The number of hydrogen-bond acceptors (Lipinski definition) is 2. The van der Waals surface area contributed by atoms with Crippen molar-refractivity contribution in [2.24, 2.45) is 12.5 Å². The zero-order valence-corrected chi connectivity index (χ0v) is 9.45. The summed E-state index contributed by atoms with van der Waals surface area (Å²) in [4.78, 5) is 11.8. The molecule has 2 rings (SSSR count). The SMILES string of the molecule is Cn1nccc1C1=CC(C)(C)CCC1=O. The average Bonchev–Trinajstić information content (AvgIpc) is 2.56. The molecular weight excluding hydrogens is 188 g/mol. The van der Waals surface area contributed by atoms with Gasteiger partial charge in [-0.25, -0.2) is 0 Å². The van der Waals surface area contributed by atoms with E-state index in [9.17, 15) is 4.79 Å². The summed E-state index contributed by atoms with van der Waals surface area (Å²) in [5, 5.41) is 4.10. The largest absolute Gasteiger partial charge is 0.294 e. The fourth-order valence-electron chi connectivity index (χ4n) is 1.97. The van der Waals surface area contributed by atoms with Crippen LogP contribution in [0.3, 0.4) is 0 Å². The van der Waals surface area contributed by atoms with Crippen LogP contribution in [-0.4, -0.2) is 15.6 Å². The third-order valence-corrected chi connectivity index (χ3v) is 2.93. The molecule has 0 atom stereocenters. The van der Waals surface area contributed by atoms with E-state index in [0.717, 1.165) is 17.7 Å². The molecule has 80 valence electrons. The van der Waals surface area contributed by atoms with E-state index in [-0.39, 0.29) is 11.2 Å². The maximum Gasteiger partial charge on any atom is 0.164 e. The van der Waals surface area contributed by atoms with E-state index in [0.29, 0.717) is 6.42 Å². The highest BCUT2D eigenvalue weighted by Gasteiger charge is 2.27. The highest BCUT2D eigenvalue weighted by molar-refractivity contribution is 6.21. The highest BCUT2D eigenvalue weighted by atomic mass is 16.1. The van der Waals surface area contributed by atoms with Gasteiger partial charge in [-0.2, -0.15) is 5.10 Å². The Labute approximate surface area is 89.8 Å². The molecule has 1 aliphatic rings. The monoisotopic (exact) mass is 204 g/mol. The van der Waals surface area contributed by atoms with Crippen LogP contribution in [0.4, 0.5) is 0 Å². The first-order chi connectivity index (χ1) is 6.99. The van der Waals surface area contributed by atoms with E-state index >= 15 is 0 Å². The van der Waals surface area contributed by atoms with E-state index in [2.05, 4.69) is 25.0 Å². The molecular formula is C12H16N2O. The summed E-state index contributed by atoms with van der Waals surface area (Å²) >= 11 is 0. The van der Waals surface area contributed by atoms with E-state index in [1.807, 2.05) is 13.1 Å². The fourth-order valence-corrected chi connectivity index (χ4v) is 1.97. The van der Waals surface area contributed by atoms with Gasteiger partial charge in [0.05, 0.1) is 5.69 Å². The minimum absolute atomic E-state index is 0.119. The van der Waals surface area contributed by atoms with Gasteiger partial charge in [-0.15, -0.1) is 0 Å². The van der Waals surface area contributed by atoms with Gasteiger partial charge < -0.3 is 0 Å². The summed E-state index contributed by atoms with van der Waals surface area (Å²) in [7, 11) is 1.87. The van der Waals surface area contributed by atoms with Crippen molar-refractivity contribution in [3.63, 3.8) is 0 Å². The van der Waals surface area contributed by atoms with Crippen molar-refractivity contribution >= 4 is 11.4 Å². The lowest BCUT2D eigenvalue weighted by Crippen LogP contribution is -2.20. The molecule has 0 aromatic carbocycles. The van der Waals surface area contributed by atoms with E-state index in [1.54, 1.807) is 10.9 Å². The maximum atomic E-state index is 11.8. The summed E-state index contributed by atoms with van der Waals surface area (Å²) in [6, 6.07) is 1.89. The first-order valence-electron chi connectivity index (χ1n) is 5.24. The normalized spacial score (nSPS) is 20.2. The van der Waals surface area contributed by atoms with Crippen LogP contribution < -0.4 is 0 Å². The van der Waals surface area contributed by atoms with E-state index in [4.69, 9.17) is 0 Å². The van der Waals surface area contributed by atoms with Crippen molar-refractivity contribution in [1.29, 1.82) is 0 Å². The summed E-state index contributed by atoms with van der Waals surface area (Å²) in [6.45, 7) is 4.33. The third kappa shape index (κ3) is 1.87. The summed E-state index contributed by atoms with van der Waals surface area (Å²) in [6.07, 6.45) is 5.39. The number of aromatic nitrogens is 2. The number of carbonyl (C=O) groups excluding carboxylic acids is 1. The number of aryl methyl sites for hydroxylation is 1. The molecule has 0 radical (unpaired) electrons. The lowest BCUT2D eigenvalue weighted by atomic mass is 9.78. The summed E-state index contributed by atoms with van der Waals surface area (Å²) < 4.78 is 1.76. The summed E-state index contributed by atoms with van der Waals surface area (Å²) in [5.41, 5.74) is 1.87. The molecule has 1 heterocycles. The van der Waals surface area contributed by atoms with Crippen molar-refractivity contribution < 1.29 is 4.79 Å². The number of carbonyl (C=O) groups is 1. The first-order valence-corrected chi connectivity index (χ1v) is 5.24. The number of ketones is 1. The lowest BCUT2D eigenvalue weighted by molar-refractivity contribution is -0.114. The smallest absolute Gasteiger partial charge is 0.164 e. The average molecular weight is 204 g/mol. The number of allylic oxidation sites excluding steroid dienone is 2. The number of hydrogen-bond donors (Lipinski definition) is 0. The molecule has 3 nitrogen and oxygen atoms in total. The Morgan fingerprint density at radius 3 is 2.80 bits per heavy atom.